The Balaban J connectivity index is 1.93. The SMILES string of the molecule is O[C@@H]1CCCN(c2nc3ccccc3o2)C1. The molecule has 1 fully saturated rings. The Morgan fingerprint density at radius 3 is 3.06 bits per heavy atom. The largest absolute Gasteiger partial charge is 0.423 e. The second-order valence-electron chi connectivity index (χ2n) is 4.21. The minimum atomic E-state index is -0.260. The number of piperidine rings is 1. The standard InChI is InChI=1S/C12H14N2O2/c15-9-4-3-7-14(8-9)12-13-10-5-1-2-6-11(10)16-12/h1-2,5-6,9,15H,3-4,7-8H2/t9-/m1/s1. The van der Waals surface area contributed by atoms with Crippen LogP contribution in [0, 0.1) is 0 Å². The molecule has 0 unspecified atom stereocenters. The first-order chi connectivity index (χ1) is 7.83. The van der Waals surface area contributed by atoms with Gasteiger partial charge in [0.25, 0.3) is 6.01 Å². The highest BCUT2D eigenvalue weighted by Gasteiger charge is 2.21. The summed E-state index contributed by atoms with van der Waals surface area (Å²) in [5.74, 6) is 0. The number of para-hydroxylation sites is 2. The molecule has 4 nitrogen and oxygen atoms in total. The van der Waals surface area contributed by atoms with Crippen molar-refractivity contribution in [2.24, 2.45) is 0 Å². The van der Waals surface area contributed by atoms with Crippen LogP contribution in [0.15, 0.2) is 28.7 Å². The summed E-state index contributed by atoms with van der Waals surface area (Å²) >= 11 is 0. The Morgan fingerprint density at radius 2 is 2.25 bits per heavy atom. The number of aliphatic hydroxyl groups is 1. The van der Waals surface area contributed by atoms with Gasteiger partial charge in [-0.25, -0.2) is 0 Å². The van der Waals surface area contributed by atoms with E-state index in [2.05, 4.69) is 4.98 Å². The Hall–Kier alpha value is -1.55. The van der Waals surface area contributed by atoms with Crippen LogP contribution in [0.4, 0.5) is 6.01 Å². The summed E-state index contributed by atoms with van der Waals surface area (Å²) in [6.45, 7) is 1.52. The van der Waals surface area contributed by atoms with Gasteiger partial charge in [0.2, 0.25) is 0 Å². The summed E-state index contributed by atoms with van der Waals surface area (Å²) in [6.07, 6.45) is 1.60. The fourth-order valence-corrected chi connectivity index (χ4v) is 2.12. The molecule has 16 heavy (non-hydrogen) atoms. The number of nitrogens with zero attached hydrogens (tertiary/aromatic N) is 2. The predicted molar refractivity (Wildman–Crippen MR) is 61.5 cm³/mol. The van der Waals surface area contributed by atoms with E-state index >= 15 is 0 Å². The molecule has 1 atom stereocenters. The van der Waals surface area contributed by atoms with Crippen molar-refractivity contribution in [3.05, 3.63) is 24.3 Å². The van der Waals surface area contributed by atoms with Crippen LogP contribution >= 0.6 is 0 Å². The number of hydrogen-bond acceptors (Lipinski definition) is 4. The number of rotatable bonds is 1. The Bertz CT molecular complexity index is 461. The zero-order valence-corrected chi connectivity index (χ0v) is 8.97. The van der Waals surface area contributed by atoms with E-state index in [0.29, 0.717) is 12.6 Å². The highest BCUT2D eigenvalue weighted by molar-refractivity contribution is 5.74. The van der Waals surface area contributed by atoms with Gasteiger partial charge < -0.3 is 14.4 Å². The van der Waals surface area contributed by atoms with Gasteiger partial charge in [-0.1, -0.05) is 12.1 Å². The molecular formula is C12H14N2O2. The van der Waals surface area contributed by atoms with Crippen LogP contribution in [0.25, 0.3) is 11.1 Å². The maximum absolute atomic E-state index is 9.60. The average molecular weight is 218 g/mol. The monoisotopic (exact) mass is 218 g/mol. The summed E-state index contributed by atoms with van der Waals surface area (Å²) in [7, 11) is 0. The van der Waals surface area contributed by atoms with Gasteiger partial charge in [0.15, 0.2) is 5.58 Å². The highest BCUT2D eigenvalue weighted by atomic mass is 16.4. The van der Waals surface area contributed by atoms with Crippen molar-refractivity contribution in [2.75, 3.05) is 18.0 Å². The van der Waals surface area contributed by atoms with Gasteiger partial charge in [-0.15, -0.1) is 0 Å². The number of aliphatic hydroxyl groups excluding tert-OH is 1. The van der Waals surface area contributed by atoms with Crippen molar-refractivity contribution in [1.29, 1.82) is 0 Å². The number of hydrogen-bond donors (Lipinski definition) is 1. The third kappa shape index (κ3) is 1.65. The number of fused-ring (bicyclic) bond motifs is 1. The zero-order valence-electron chi connectivity index (χ0n) is 8.97. The first-order valence-electron chi connectivity index (χ1n) is 5.61. The van der Waals surface area contributed by atoms with Crippen LogP contribution in [0.2, 0.25) is 0 Å². The smallest absolute Gasteiger partial charge is 0.298 e. The molecule has 84 valence electrons. The fourth-order valence-electron chi connectivity index (χ4n) is 2.12. The van der Waals surface area contributed by atoms with Gasteiger partial charge in [0, 0.05) is 13.1 Å². The number of benzene rings is 1. The summed E-state index contributed by atoms with van der Waals surface area (Å²) < 4.78 is 5.66. The van der Waals surface area contributed by atoms with Gasteiger partial charge in [-0.3, -0.25) is 0 Å². The minimum absolute atomic E-state index is 0.260. The molecule has 1 aliphatic rings. The van der Waals surface area contributed by atoms with Crippen molar-refractivity contribution >= 4 is 17.1 Å². The highest BCUT2D eigenvalue weighted by Crippen LogP contribution is 2.24. The van der Waals surface area contributed by atoms with Crippen molar-refractivity contribution in [1.82, 2.24) is 4.98 Å². The molecule has 4 heteroatoms. The molecule has 0 amide bonds. The summed E-state index contributed by atoms with van der Waals surface area (Å²) in [4.78, 5) is 6.43. The molecule has 0 saturated carbocycles. The Morgan fingerprint density at radius 1 is 1.38 bits per heavy atom. The Labute approximate surface area is 93.5 Å². The molecule has 0 aliphatic carbocycles. The molecule has 1 saturated heterocycles. The number of aromatic nitrogens is 1. The van der Waals surface area contributed by atoms with Crippen LogP contribution < -0.4 is 4.90 Å². The van der Waals surface area contributed by atoms with Crippen molar-refractivity contribution < 1.29 is 9.52 Å². The van der Waals surface area contributed by atoms with Crippen LogP contribution in [0.1, 0.15) is 12.8 Å². The maximum atomic E-state index is 9.60. The Kier molecular flexibility index (Phi) is 2.29. The minimum Gasteiger partial charge on any atom is -0.423 e. The molecule has 1 aromatic heterocycles. The zero-order chi connectivity index (χ0) is 11.0. The molecule has 2 aromatic rings. The average Bonchev–Trinajstić information content (AvgIpc) is 2.72. The molecule has 0 bridgehead atoms. The number of β-amino-alcohol motifs (C(OH)–C–C–N with tert-alkyl or cyclic N) is 1. The maximum Gasteiger partial charge on any atom is 0.298 e. The lowest BCUT2D eigenvalue weighted by molar-refractivity contribution is 0.152. The van der Waals surface area contributed by atoms with Crippen molar-refractivity contribution in [3.63, 3.8) is 0 Å². The first kappa shape index (κ1) is 9.66. The molecular weight excluding hydrogens is 204 g/mol. The van der Waals surface area contributed by atoms with Crippen LogP contribution in [0.3, 0.4) is 0 Å². The van der Waals surface area contributed by atoms with Gasteiger partial charge in [0.05, 0.1) is 6.10 Å². The summed E-state index contributed by atoms with van der Waals surface area (Å²) in [5, 5.41) is 9.60. The molecule has 0 radical (unpaired) electrons. The van der Waals surface area contributed by atoms with Gasteiger partial charge in [0.1, 0.15) is 5.52 Å². The van der Waals surface area contributed by atoms with E-state index in [0.717, 1.165) is 30.5 Å². The third-order valence-electron chi connectivity index (χ3n) is 2.95. The lowest BCUT2D eigenvalue weighted by Crippen LogP contribution is -2.38. The van der Waals surface area contributed by atoms with Crippen LogP contribution in [0.5, 0.6) is 0 Å². The molecule has 0 spiro atoms. The van der Waals surface area contributed by atoms with E-state index in [1.54, 1.807) is 0 Å². The molecule has 1 N–H and O–H groups in total. The quantitative estimate of drug-likeness (QED) is 0.792. The topological polar surface area (TPSA) is 49.5 Å². The third-order valence-corrected chi connectivity index (χ3v) is 2.95. The molecule has 3 rings (SSSR count). The van der Waals surface area contributed by atoms with Gasteiger partial charge in [-0.05, 0) is 25.0 Å². The van der Waals surface area contributed by atoms with E-state index in [1.807, 2.05) is 29.2 Å². The number of oxazole rings is 1. The molecule has 2 heterocycles. The predicted octanol–water partition coefficient (Wildman–Crippen LogP) is 1.79. The fraction of sp³-hybridized carbons (Fsp3) is 0.417. The summed E-state index contributed by atoms with van der Waals surface area (Å²) in [6, 6.07) is 8.34. The first-order valence-corrected chi connectivity index (χ1v) is 5.61. The normalized spacial score (nSPS) is 21.6. The van der Waals surface area contributed by atoms with E-state index in [1.165, 1.54) is 0 Å². The van der Waals surface area contributed by atoms with Crippen molar-refractivity contribution in [3.8, 4) is 0 Å². The van der Waals surface area contributed by atoms with Crippen molar-refractivity contribution in [2.45, 2.75) is 18.9 Å². The van der Waals surface area contributed by atoms with E-state index < -0.39 is 0 Å². The van der Waals surface area contributed by atoms with Gasteiger partial charge in [-0.2, -0.15) is 4.98 Å². The van der Waals surface area contributed by atoms with E-state index in [-0.39, 0.29) is 6.10 Å². The second-order valence-corrected chi connectivity index (χ2v) is 4.21. The lowest BCUT2D eigenvalue weighted by atomic mass is 10.1. The number of anilines is 1. The summed E-state index contributed by atoms with van der Waals surface area (Å²) in [5.41, 5.74) is 1.68. The molecule has 1 aromatic carbocycles. The van der Waals surface area contributed by atoms with Crippen LogP contribution in [-0.2, 0) is 0 Å². The van der Waals surface area contributed by atoms with E-state index in [9.17, 15) is 5.11 Å². The van der Waals surface area contributed by atoms with Crippen LogP contribution in [-0.4, -0.2) is 29.3 Å². The lowest BCUT2D eigenvalue weighted by Gasteiger charge is -2.28. The second kappa shape index (κ2) is 3.79. The van der Waals surface area contributed by atoms with E-state index in [4.69, 9.17) is 4.42 Å². The molecule has 1 aliphatic heterocycles. The van der Waals surface area contributed by atoms with Gasteiger partial charge >= 0.3 is 0 Å².